The fourth-order valence-electron chi connectivity index (χ4n) is 3.26. The Morgan fingerprint density at radius 2 is 1.96 bits per heavy atom. The van der Waals surface area contributed by atoms with E-state index in [2.05, 4.69) is 5.32 Å². The predicted octanol–water partition coefficient (Wildman–Crippen LogP) is 1.78. The third-order valence-corrected chi connectivity index (χ3v) is 7.60. The van der Waals surface area contributed by atoms with Crippen LogP contribution in [-0.4, -0.2) is 62.8 Å². The van der Waals surface area contributed by atoms with E-state index in [1.165, 1.54) is 15.6 Å². The second kappa shape index (κ2) is 8.14. The second-order valence-corrected chi connectivity index (χ2v) is 8.93. The highest BCUT2D eigenvalue weighted by molar-refractivity contribution is 7.89. The lowest BCUT2D eigenvalue weighted by molar-refractivity contribution is 0.0699. The molecule has 0 radical (unpaired) electrons. The van der Waals surface area contributed by atoms with Crippen molar-refractivity contribution >= 4 is 39.7 Å². The van der Waals surface area contributed by atoms with E-state index in [1.807, 2.05) is 7.05 Å². The van der Waals surface area contributed by atoms with Gasteiger partial charge in [-0.1, -0.05) is 0 Å². The Morgan fingerprint density at radius 1 is 1.25 bits per heavy atom. The number of amides is 1. The van der Waals surface area contributed by atoms with Crippen molar-refractivity contribution in [1.29, 1.82) is 0 Å². The van der Waals surface area contributed by atoms with Crippen LogP contribution in [0.3, 0.4) is 0 Å². The van der Waals surface area contributed by atoms with E-state index < -0.39 is 10.0 Å². The van der Waals surface area contributed by atoms with Gasteiger partial charge in [0.25, 0.3) is 5.91 Å². The van der Waals surface area contributed by atoms with Crippen LogP contribution >= 0.6 is 23.7 Å². The number of carbonyl (C=O) groups excluding carboxylic acids is 1. The molecule has 3 rings (SSSR count). The lowest BCUT2D eigenvalue weighted by Crippen LogP contribution is -2.47. The number of rotatable bonds is 4. The molecule has 2 aliphatic heterocycles. The van der Waals surface area contributed by atoms with Crippen LogP contribution in [0.5, 0.6) is 0 Å². The Bertz CT molecular complexity index is 671. The van der Waals surface area contributed by atoms with E-state index in [9.17, 15) is 13.2 Å². The minimum atomic E-state index is -3.55. The smallest absolute Gasteiger partial charge is 0.265 e. The number of sulfonamides is 1. The Morgan fingerprint density at radius 3 is 2.62 bits per heavy atom. The number of piperidine rings is 1. The summed E-state index contributed by atoms with van der Waals surface area (Å²) in [7, 11) is -1.65. The predicted molar refractivity (Wildman–Crippen MR) is 97.5 cm³/mol. The molecule has 0 bridgehead atoms. The van der Waals surface area contributed by atoms with Crippen LogP contribution in [0.25, 0.3) is 0 Å². The molecule has 1 N–H and O–H groups in total. The summed E-state index contributed by atoms with van der Waals surface area (Å²) in [6.45, 7) is 2.43. The van der Waals surface area contributed by atoms with Gasteiger partial charge in [-0.3, -0.25) is 4.79 Å². The number of likely N-dealkylation sites (tertiary alicyclic amines) is 1. The molecular formula is C15H24ClN3O3S2. The van der Waals surface area contributed by atoms with E-state index in [4.69, 9.17) is 0 Å². The van der Waals surface area contributed by atoms with Crippen molar-refractivity contribution in [2.24, 2.45) is 0 Å². The SMILES string of the molecule is CNC1CCCN(C(=O)c2sccc2S(=O)(=O)N2CCCC2)C1.Cl. The molecule has 1 atom stereocenters. The van der Waals surface area contributed by atoms with Crippen molar-refractivity contribution in [3.8, 4) is 0 Å². The van der Waals surface area contributed by atoms with Gasteiger partial charge >= 0.3 is 0 Å². The molecular weight excluding hydrogens is 370 g/mol. The fraction of sp³-hybridized carbons (Fsp3) is 0.667. The summed E-state index contributed by atoms with van der Waals surface area (Å²) in [6.07, 6.45) is 3.77. The molecule has 1 amide bonds. The van der Waals surface area contributed by atoms with Gasteiger partial charge in [0.2, 0.25) is 10.0 Å². The number of likely N-dealkylation sites (N-methyl/N-ethyl adjacent to an activating group) is 1. The lowest BCUT2D eigenvalue weighted by Gasteiger charge is -2.32. The number of halogens is 1. The van der Waals surface area contributed by atoms with Crippen LogP contribution in [0.1, 0.15) is 35.4 Å². The molecule has 0 aromatic carbocycles. The molecule has 1 unspecified atom stereocenters. The molecule has 2 saturated heterocycles. The first-order valence-corrected chi connectivity index (χ1v) is 10.4. The number of hydrogen-bond donors (Lipinski definition) is 1. The molecule has 2 fully saturated rings. The summed E-state index contributed by atoms with van der Waals surface area (Å²) >= 11 is 1.23. The van der Waals surface area contributed by atoms with Crippen LogP contribution in [0.2, 0.25) is 0 Å². The van der Waals surface area contributed by atoms with Gasteiger partial charge in [-0.25, -0.2) is 8.42 Å². The lowest BCUT2D eigenvalue weighted by atomic mass is 10.1. The zero-order valence-electron chi connectivity index (χ0n) is 13.7. The van der Waals surface area contributed by atoms with E-state index in [0.717, 1.165) is 25.7 Å². The maximum atomic E-state index is 12.8. The van der Waals surface area contributed by atoms with Crippen LogP contribution in [0.15, 0.2) is 16.3 Å². The average molecular weight is 394 g/mol. The standard InChI is InChI=1S/C15H23N3O3S2.ClH/c1-16-12-5-4-7-17(11-12)15(19)14-13(6-10-22-14)23(20,21)18-8-2-3-9-18;/h6,10,12,16H,2-5,7-9,11H2,1H3;1H. The highest BCUT2D eigenvalue weighted by Gasteiger charge is 2.34. The number of nitrogens with one attached hydrogen (secondary N) is 1. The molecule has 0 aliphatic carbocycles. The van der Waals surface area contributed by atoms with Crippen LogP contribution in [-0.2, 0) is 10.0 Å². The first-order valence-electron chi connectivity index (χ1n) is 8.08. The van der Waals surface area contributed by atoms with E-state index in [-0.39, 0.29) is 29.3 Å². The van der Waals surface area contributed by atoms with Crippen LogP contribution in [0.4, 0.5) is 0 Å². The Balaban J connectivity index is 0.00000208. The summed E-state index contributed by atoms with van der Waals surface area (Å²) < 4.78 is 27.0. The fourth-order valence-corrected chi connectivity index (χ4v) is 6.14. The third-order valence-electron chi connectivity index (χ3n) is 4.62. The first kappa shape index (κ1) is 19.7. The first-order chi connectivity index (χ1) is 11.0. The van der Waals surface area contributed by atoms with Gasteiger partial charge in [0.15, 0.2) is 0 Å². The third kappa shape index (κ3) is 3.77. The molecule has 3 heterocycles. The summed E-state index contributed by atoms with van der Waals surface area (Å²) in [4.78, 5) is 15.1. The zero-order valence-corrected chi connectivity index (χ0v) is 16.2. The Hall–Kier alpha value is -0.670. The van der Waals surface area contributed by atoms with Gasteiger partial charge in [-0.15, -0.1) is 23.7 Å². The van der Waals surface area contributed by atoms with Crippen LogP contribution < -0.4 is 5.32 Å². The summed E-state index contributed by atoms with van der Waals surface area (Å²) in [5.41, 5.74) is 0. The second-order valence-electron chi connectivity index (χ2n) is 6.10. The molecule has 136 valence electrons. The van der Waals surface area contributed by atoms with Gasteiger partial charge in [0.1, 0.15) is 9.77 Å². The topological polar surface area (TPSA) is 69.7 Å². The Kier molecular flexibility index (Phi) is 6.66. The number of carbonyl (C=O) groups is 1. The largest absolute Gasteiger partial charge is 0.336 e. The van der Waals surface area contributed by atoms with Crippen molar-refractivity contribution in [2.75, 3.05) is 33.2 Å². The monoisotopic (exact) mass is 393 g/mol. The maximum Gasteiger partial charge on any atom is 0.265 e. The van der Waals surface area contributed by atoms with Gasteiger partial charge in [0.05, 0.1) is 0 Å². The van der Waals surface area contributed by atoms with Crippen molar-refractivity contribution in [2.45, 2.75) is 36.6 Å². The normalized spacial score (nSPS) is 22.4. The summed E-state index contributed by atoms with van der Waals surface area (Å²) in [5, 5.41) is 4.91. The molecule has 0 spiro atoms. The maximum absolute atomic E-state index is 12.8. The average Bonchev–Trinajstić information content (AvgIpc) is 3.25. The van der Waals surface area contributed by atoms with Gasteiger partial charge in [0, 0.05) is 32.2 Å². The molecule has 2 aliphatic rings. The van der Waals surface area contributed by atoms with Crippen molar-refractivity contribution in [1.82, 2.24) is 14.5 Å². The minimum Gasteiger partial charge on any atom is -0.336 e. The van der Waals surface area contributed by atoms with Gasteiger partial charge < -0.3 is 10.2 Å². The quantitative estimate of drug-likeness (QED) is 0.846. The van der Waals surface area contributed by atoms with Crippen molar-refractivity contribution < 1.29 is 13.2 Å². The minimum absolute atomic E-state index is 0. The molecule has 0 saturated carbocycles. The van der Waals surface area contributed by atoms with Crippen molar-refractivity contribution in [3.63, 3.8) is 0 Å². The summed E-state index contributed by atoms with van der Waals surface area (Å²) in [6, 6.07) is 1.86. The molecule has 24 heavy (non-hydrogen) atoms. The van der Waals surface area contributed by atoms with E-state index in [0.29, 0.717) is 31.1 Å². The number of thiophene rings is 1. The highest BCUT2D eigenvalue weighted by Crippen LogP contribution is 2.29. The van der Waals surface area contributed by atoms with E-state index >= 15 is 0 Å². The molecule has 1 aromatic rings. The van der Waals surface area contributed by atoms with Crippen LogP contribution in [0, 0.1) is 0 Å². The van der Waals surface area contributed by atoms with Crippen molar-refractivity contribution in [3.05, 3.63) is 16.3 Å². The number of nitrogens with zero attached hydrogens (tertiary/aromatic N) is 2. The molecule has 1 aromatic heterocycles. The summed E-state index contributed by atoms with van der Waals surface area (Å²) in [5.74, 6) is -0.155. The highest BCUT2D eigenvalue weighted by atomic mass is 35.5. The van der Waals surface area contributed by atoms with E-state index in [1.54, 1.807) is 16.3 Å². The van der Waals surface area contributed by atoms with Gasteiger partial charge in [-0.2, -0.15) is 4.31 Å². The Labute approximate surface area is 153 Å². The van der Waals surface area contributed by atoms with Gasteiger partial charge in [-0.05, 0) is 44.2 Å². The number of hydrogen-bond acceptors (Lipinski definition) is 5. The molecule has 9 heteroatoms. The zero-order chi connectivity index (χ0) is 16.4. The molecule has 6 nitrogen and oxygen atoms in total.